The molecule has 0 aliphatic rings. The van der Waals surface area contributed by atoms with Crippen molar-refractivity contribution in [2.45, 2.75) is 20.0 Å². The molecule has 0 radical (unpaired) electrons. The fraction of sp³-hybridized carbons (Fsp3) is 0.158. The number of hydrogen-bond acceptors (Lipinski definition) is 6. The smallest absolute Gasteiger partial charge is 0.312 e. The molecule has 4 aromatic rings. The SMILES string of the molecule is Cc1ccc2nc(COC(=O)Cc3noc4ccccc34)cc(=O)n2c1. The first-order valence-electron chi connectivity index (χ1n) is 8.08. The number of benzene rings is 1. The zero-order valence-corrected chi connectivity index (χ0v) is 14.0. The minimum absolute atomic E-state index is 0.0111. The van der Waals surface area contributed by atoms with Gasteiger partial charge in [-0.15, -0.1) is 0 Å². The van der Waals surface area contributed by atoms with Gasteiger partial charge in [-0.25, -0.2) is 4.98 Å². The molecule has 0 aliphatic carbocycles. The largest absolute Gasteiger partial charge is 0.459 e. The standard InChI is InChI=1S/C19H15N3O4/c1-12-6-7-17-20-13(8-18(23)22(17)10-12)11-25-19(24)9-15-14-4-2-3-5-16(14)26-21-15/h2-8,10H,9,11H2,1H3. The average molecular weight is 349 g/mol. The quantitative estimate of drug-likeness (QED) is 0.526. The van der Waals surface area contributed by atoms with Crippen molar-refractivity contribution in [2.24, 2.45) is 0 Å². The van der Waals surface area contributed by atoms with Crippen LogP contribution in [0.4, 0.5) is 0 Å². The topological polar surface area (TPSA) is 86.7 Å². The highest BCUT2D eigenvalue weighted by atomic mass is 16.5. The molecule has 1 aromatic carbocycles. The Kier molecular flexibility index (Phi) is 3.96. The molecule has 3 heterocycles. The number of hydrogen-bond donors (Lipinski definition) is 0. The maximum absolute atomic E-state index is 12.2. The Bertz CT molecular complexity index is 1180. The van der Waals surface area contributed by atoms with Gasteiger partial charge in [-0.2, -0.15) is 0 Å². The zero-order chi connectivity index (χ0) is 18.1. The predicted octanol–water partition coefficient (Wildman–Crippen LogP) is 2.43. The highest BCUT2D eigenvalue weighted by molar-refractivity contribution is 5.84. The monoisotopic (exact) mass is 349 g/mol. The molecule has 0 unspecified atom stereocenters. The number of aromatic nitrogens is 3. The van der Waals surface area contributed by atoms with Gasteiger partial charge in [0.25, 0.3) is 5.56 Å². The van der Waals surface area contributed by atoms with Crippen LogP contribution < -0.4 is 5.56 Å². The van der Waals surface area contributed by atoms with Crippen molar-refractivity contribution in [3.63, 3.8) is 0 Å². The molecule has 3 aromatic heterocycles. The van der Waals surface area contributed by atoms with Gasteiger partial charge in [0.1, 0.15) is 17.9 Å². The normalized spacial score (nSPS) is 11.1. The molecule has 0 spiro atoms. The molecular weight excluding hydrogens is 334 g/mol. The predicted molar refractivity (Wildman–Crippen MR) is 93.7 cm³/mol. The van der Waals surface area contributed by atoms with E-state index in [0.717, 1.165) is 10.9 Å². The lowest BCUT2D eigenvalue weighted by Crippen LogP contribution is -2.17. The molecule has 0 fully saturated rings. The molecule has 0 saturated carbocycles. The molecule has 0 atom stereocenters. The van der Waals surface area contributed by atoms with Crippen LogP contribution in [0.25, 0.3) is 16.6 Å². The maximum atomic E-state index is 12.2. The molecule has 7 heteroatoms. The van der Waals surface area contributed by atoms with Crippen LogP contribution >= 0.6 is 0 Å². The summed E-state index contributed by atoms with van der Waals surface area (Å²) >= 11 is 0. The van der Waals surface area contributed by atoms with Crippen LogP contribution in [-0.2, 0) is 22.6 Å². The van der Waals surface area contributed by atoms with E-state index < -0.39 is 5.97 Å². The number of ether oxygens (including phenoxy) is 1. The minimum Gasteiger partial charge on any atom is -0.459 e. The lowest BCUT2D eigenvalue weighted by Gasteiger charge is -2.06. The van der Waals surface area contributed by atoms with E-state index in [-0.39, 0.29) is 18.6 Å². The number of para-hydroxylation sites is 1. The van der Waals surface area contributed by atoms with Crippen molar-refractivity contribution in [1.29, 1.82) is 0 Å². The number of nitrogens with zero attached hydrogens (tertiary/aromatic N) is 3. The Hall–Kier alpha value is -3.48. The van der Waals surface area contributed by atoms with Gasteiger partial charge in [-0.3, -0.25) is 14.0 Å². The fourth-order valence-electron chi connectivity index (χ4n) is 2.74. The Labute approximate surface area is 147 Å². The summed E-state index contributed by atoms with van der Waals surface area (Å²) in [5.41, 5.74) is 2.80. The average Bonchev–Trinajstić information content (AvgIpc) is 3.04. The van der Waals surface area contributed by atoms with Gasteiger partial charge < -0.3 is 9.26 Å². The highest BCUT2D eigenvalue weighted by Gasteiger charge is 2.13. The number of aryl methyl sites for hydroxylation is 1. The molecule has 0 saturated heterocycles. The lowest BCUT2D eigenvalue weighted by atomic mass is 10.2. The Morgan fingerprint density at radius 3 is 2.96 bits per heavy atom. The highest BCUT2D eigenvalue weighted by Crippen LogP contribution is 2.18. The Morgan fingerprint density at radius 2 is 2.08 bits per heavy atom. The number of pyridine rings is 1. The van der Waals surface area contributed by atoms with E-state index in [9.17, 15) is 9.59 Å². The minimum atomic E-state index is -0.463. The number of carbonyl (C=O) groups is 1. The summed E-state index contributed by atoms with van der Waals surface area (Å²) in [5, 5.41) is 4.69. The van der Waals surface area contributed by atoms with Crippen molar-refractivity contribution >= 4 is 22.6 Å². The summed E-state index contributed by atoms with van der Waals surface area (Å²) < 4.78 is 11.9. The molecular formula is C19H15N3O4. The van der Waals surface area contributed by atoms with Crippen LogP contribution in [0.2, 0.25) is 0 Å². The Morgan fingerprint density at radius 1 is 1.23 bits per heavy atom. The van der Waals surface area contributed by atoms with E-state index in [1.807, 2.05) is 31.2 Å². The van der Waals surface area contributed by atoms with Crippen molar-refractivity contribution in [3.05, 3.63) is 76.0 Å². The molecule has 130 valence electrons. The summed E-state index contributed by atoms with van der Waals surface area (Å²) in [7, 11) is 0. The third-order valence-electron chi connectivity index (χ3n) is 4.01. The van der Waals surface area contributed by atoms with Gasteiger partial charge in [0.2, 0.25) is 0 Å². The summed E-state index contributed by atoms with van der Waals surface area (Å²) in [6.07, 6.45) is 1.71. The fourth-order valence-corrected chi connectivity index (χ4v) is 2.74. The van der Waals surface area contributed by atoms with Crippen molar-refractivity contribution in [2.75, 3.05) is 0 Å². The first-order chi connectivity index (χ1) is 12.6. The Balaban J connectivity index is 1.48. The van der Waals surface area contributed by atoms with Gasteiger partial charge >= 0.3 is 5.97 Å². The lowest BCUT2D eigenvalue weighted by molar-refractivity contribution is -0.144. The maximum Gasteiger partial charge on any atom is 0.312 e. The van der Waals surface area contributed by atoms with Gasteiger partial charge in [0.05, 0.1) is 12.1 Å². The third-order valence-corrected chi connectivity index (χ3v) is 4.01. The van der Waals surface area contributed by atoms with E-state index >= 15 is 0 Å². The van der Waals surface area contributed by atoms with Crippen molar-refractivity contribution in [3.8, 4) is 0 Å². The van der Waals surface area contributed by atoms with Gasteiger partial charge in [-0.05, 0) is 30.7 Å². The van der Waals surface area contributed by atoms with Gasteiger partial charge in [0, 0.05) is 17.6 Å². The van der Waals surface area contributed by atoms with E-state index in [2.05, 4.69) is 10.1 Å². The van der Waals surface area contributed by atoms with Gasteiger partial charge in [0.15, 0.2) is 5.58 Å². The first-order valence-corrected chi connectivity index (χ1v) is 8.08. The zero-order valence-electron chi connectivity index (χ0n) is 14.0. The molecule has 0 aliphatic heterocycles. The number of carbonyl (C=O) groups excluding carboxylic acids is 1. The second kappa shape index (κ2) is 6.44. The summed E-state index contributed by atoms with van der Waals surface area (Å²) in [6, 6.07) is 12.3. The first kappa shape index (κ1) is 16.0. The molecule has 0 amide bonds. The summed E-state index contributed by atoms with van der Waals surface area (Å²) in [5.74, 6) is -0.463. The van der Waals surface area contributed by atoms with Crippen molar-refractivity contribution in [1.82, 2.24) is 14.5 Å². The van der Waals surface area contributed by atoms with E-state index in [1.165, 1.54) is 10.5 Å². The van der Waals surface area contributed by atoms with E-state index in [1.54, 1.807) is 18.3 Å². The molecule has 0 bridgehead atoms. The van der Waals surface area contributed by atoms with Crippen LogP contribution in [0.5, 0.6) is 0 Å². The third kappa shape index (κ3) is 3.06. The number of rotatable bonds is 4. The van der Waals surface area contributed by atoms with Crippen LogP contribution in [-0.4, -0.2) is 20.5 Å². The van der Waals surface area contributed by atoms with E-state index in [4.69, 9.17) is 9.26 Å². The second-order valence-corrected chi connectivity index (χ2v) is 5.98. The van der Waals surface area contributed by atoms with E-state index in [0.29, 0.717) is 22.6 Å². The van der Waals surface area contributed by atoms with Crippen LogP contribution in [0.15, 0.2) is 58.0 Å². The van der Waals surface area contributed by atoms with Crippen LogP contribution in [0.3, 0.4) is 0 Å². The molecule has 7 nitrogen and oxygen atoms in total. The summed E-state index contributed by atoms with van der Waals surface area (Å²) in [6.45, 7) is 1.82. The summed E-state index contributed by atoms with van der Waals surface area (Å²) in [4.78, 5) is 28.6. The number of fused-ring (bicyclic) bond motifs is 2. The van der Waals surface area contributed by atoms with Crippen LogP contribution in [0, 0.1) is 6.92 Å². The van der Waals surface area contributed by atoms with Crippen LogP contribution in [0.1, 0.15) is 17.0 Å². The molecule has 0 N–H and O–H groups in total. The van der Waals surface area contributed by atoms with Crippen molar-refractivity contribution < 1.29 is 14.1 Å². The van der Waals surface area contributed by atoms with Gasteiger partial charge in [-0.1, -0.05) is 23.4 Å². The number of esters is 1. The molecule has 26 heavy (non-hydrogen) atoms. The molecule has 4 rings (SSSR count). The second-order valence-electron chi connectivity index (χ2n) is 5.98.